The molecule has 2 heterocycles. The van der Waals surface area contributed by atoms with Crippen molar-refractivity contribution in [1.82, 2.24) is 14.7 Å². The summed E-state index contributed by atoms with van der Waals surface area (Å²) in [6.07, 6.45) is -0.103. The number of likely N-dealkylation sites (N-methyl/N-ethyl adjacent to an activating group) is 1. The van der Waals surface area contributed by atoms with E-state index in [9.17, 15) is 14.4 Å². The molecule has 18 heavy (non-hydrogen) atoms. The van der Waals surface area contributed by atoms with Crippen molar-refractivity contribution in [3.63, 3.8) is 0 Å². The zero-order chi connectivity index (χ0) is 13.3. The van der Waals surface area contributed by atoms with E-state index in [0.717, 1.165) is 0 Å². The Labute approximate surface area is 105 Å². The number of carbonyl (C=O) groups is 3. The number of imide groups is 1. The first kappa shape index (κ1) is 12.8. The van der Waals surface area contributed by atoms with Gasteiger partial charge in [0.2, 0.25) is 11.8 Å². The van der Waals surface area contributed by atoms with Crippen molar-refractivity contribution >= 4 is 17.9 Å². The van der Waals surface area contributed by atoms with Crippen LogP contribution in [0.15, 0.2) is 0 Å². The molecule has 2 saturated heterocycles. The van der Waals surface area contributed by atoms with E-state index in [0.29, 0.717) is 26.2 Å². The number of piperazine rings is 1. The SMILES string of the molecule is COC(=O)N1CCN(C2CC(=O)N(C)C2=O)CC1. The highest BCUT2D eigenvalue weighted by Gasteiger charge is 2.40. The zero-order valence-corrected chi connectivity index (χ0v) is 10.6. The lowest BCUT2D eigenvalue weighted by Gasteiger charge is -2.36. The van der Waals surface area contributed by atoms with E-state index in [-0.39, 0.29) is 30.4 Å². The van der Waals surface area contributed by atoms with Crippen molar-refractivity contribution in [2.45, 2.75) is 12.5 Å². The predicted molar refractivity (Wildman–Crippen MR) is 61.7 cm³/mol. The van der Waals surface area contributed by atoms with Gasteiger partial charge in [-0.05, 0) is 0 Å². The third-order valence-electron chi connectivity index (χ3n) is 3.55. The first-order valence-corrected chi connectivity index (χ1v) is 5.92. The van der Waals surface area contributed by atoms with Crippen LogP contribution in [0.3, 0.4) is 0 Å². The number of carbonyl (C=O) groups excluding carboxylic acids is 3. The Hall–Kier alpha value is -1.63. The van der Waals surface area contributed by atoms with E-state index < -0.39 is 0 Å². The number of hydrogen-bond acceptors (Lipinski definition) is 5. The third kappa shape index (κ3) is 2.17. The average Bonchev–Trinajstić information content (AvgIpc) is 2.66. The monoisotopic (exact) mass is 255 g/mol. The Kier molecular flexibility index (Phi) is 3.51. The topological polar surface area (TPSA) is 70.2 Å². The minimum atomic E-state index is -0.359. The van der Waals surface area contributed by atoms with E-state index >= 15 is 0 Å². The molecule has 2 aliphatic rings. The summed E-state index contributed by atoms with van der Waals surface area (Å²) in [5.41, 5.74) is 0. The van der Waals surface area contributed by atoms with E-state index in [2.05, 4.69) is 4.74 Å². The van der Waals surface area contributed by atoms with Crippen LogP contribution >= 0.6 is 0 Å². The van der Waals surface area contributed by atoms with Gasteiger partial charge >= 0.3 is 6.09 Å². The summed E-state index contributed by atoms with van der Waals surface area (Å²) < 4.78 is 4.64. The largest absolute Gasteiger partial charge is 0.453 e. The first-order valence-electron chi connectivity index (χ1n) is 5.92. The summed E-state index contributed by atoms with van der Waals surface area (Å²) in [5, 5.41) is 0. The zero-order valence-electron chi connectivity index (χ0n) is 10.6. The Morgan fingerprint density at radius 1 is 1.22 bits per heavy atom. The van der Waals surface area contributed by atoms with Crippen LogP contribution in [0.2, 0.25) is 0 Å². The van der Waals surface area contributed by atoms with Crippen molar-refractivity contribution in [3.8, 4) is 0 Å². The molecule has 7 heteroatoms. The minimum Gasteiger partial charge on any atom is -0.453 e. The highest BCUT2D eigenvalue weighted by Crippen LogP contribution is 2.18. The minimum absolute atomic E-state index is 0.139. The Bertz CT molecular complexity index is 376. The molecule has 7 nitrogen and oxygen atoms in total. The fraction of sp³-hybridized carbons (Fsp3) is 0.727. The number of rotatable bonds is 1. The molecule has 0 saturated carbocycles. The third-order valence-corrected chi connectivity index (χ3v) is 3.55. The van der Waals surface area contributed by atoms with Crippen LogP contribution in [0.5, 0.6) is 0 Å². The van der Waals surface area contributed by atoms with Crippen molar-refractivity contribution in [3.05, 3.63) is 0 Å². The van der Waals surface area contributed by atoms with Crippen molar-refractivity contribution < 1.29 is 19.1 Å². The quantitative estimate of drug-likeness (QED) is 0.570. The lowest BCUT2D eigenvalue weighted by Crippen LogP contribution is -2.53. The van der Waals surface area contributed by atoms with Crippen molar-refractivity contribution in [1.29, 1.82) is 0 Å². The van der Waals surface area contributed by atoms with Crippen LogP contribution in [-0.4, -0.2) is 79.0 Å². The van der Waals surface area contributed by atoms with Gasteiger partial charge in [-0.15, -0.1) is 0 Å². The molecular formula is C11H17N3O4. The predicted octanol–water partition coefficient (Wildman–Crippen LogP) is -0.872. The summed E-state index contributed by atoms with van der Waals surface area (Å²) in [5.74, 6) is -0.285. The van der Waals surface area contributed by atoms with Crippen LogP contribution in [-0.2, 0) is 14.3 Å². The normalized spacial score (nSPS) is 25.8. The van der Waals surface area contributed by atoms with Crippen LogP contribution in [0.1, 0.15) is 6.42 Å². The van der Waals surface area contributed by atoms with Crippen LogP contribution < -0.4 is 0 Å². The number of amides is 3. The van der Waals surface area contributed by atoms with Crippen LogP contribution in [0, 0.1) is 0 Å². The molecule has 0 N–H and O–H groups in total. The number of nitrogens with zero attached hydrogens (tertiary/aromatic N) is 3. The standard InChI is InChI=1S/C11H17N3O4/c1-12-9(15)7-8(10(12)16)13-3-5-14(6-4-13)11(17)18-2/h8H,3-7H2,1-2H3. The van der Waals surface area contributed by atoms with E-state index in [1.807, 2.05) is 4.90 Å². The van der Waals surface area contributed by atoms with E-state index in [1.54, 1.807) is 4.90 Å². The average molecular weight is 255 g/mol. The number of hydrogen-bond donors (Lipinski definition) is 0. The second-order valence-corrected chi connectivity index (χ2v) is 4.50. The molecule has 0 aromatic rings. The maximum atomic E-state index is 11.8. The number of likely N-dealkylation sites (tertiary alicyclic amines) is 1. The molecule has 0 bridgehead atoms. The van der Waals surface area contributed by atoms with Crippen LogP contribution in [0.25, 0.3) is 0 Å². The van der Waals surface area contributed by atoms with Gasteiger partial charge in [0, 0.05) is 33.2 Å². The molecule has 0 aromatic heterocycles. The molecule has 1 unspecified atom stereocenters. The van der Waals surface area contributed by atoms with Gasteiger partial charge in [-0.2, -0.15) is 0 Å². The highest BCUT2D eigenvalue weighted by molar-refractivity contribution is 6.05. The van der Waals surface area contributed by atoms with Gasteiger partial charge in [0.25, 0.3) is 0 Å². The molecule has 100 valence electrons. The second-order valence-electron chi connectivity index (χ2n) is 4.50. The molecule has 0 aromatic carbocycles. The molecule has 3 amide bonds. The van der Waals surface area contributed by atoms with Gasteiger partial charge in [-0.3, -0.25) is 19.4 Å². The molecule has 0 radical (unpaired) electrons. The first-order chi connectivity index (χ1) is 8.54. The summed E-state index contributed by atoms with van der Waals surface area (Å²) in [6.45, 7) is 2.22. The Balaban J connectivity index is 1.93. The lowest BCUT2D eigenvalue weighted by atomic mass is 10.2. The fourth-order valence-corrected chi connectivity index (χ4v) is 2.37. The van der Waals surface area contributed by atoms with Gasteiger partial charge in [0.1, 0.15) is 0 Å². The van der Waals surface area contributed by atoms with E-state index in [4.69, 9.17) is 0 Å². The molecule has 2 rings (SSSR count). The van der Waals surface area contributed by atoms with Gasteiger partial charge in [0.05, 0.1) is 19.6 Å². The smallest absolute Gasteiger partial charge is 0.409 e. The van der Waals surface area contributed by atoms with Crippen molar-refractivity contribution in [2.24, 2.45) is 0 Å². The maximum absolute atomic E-state index is 11.8. The van der Waals surface area contributed by atoms with Gasteiger partial charge in [-0.25, -0.2) is 4.79 Å². The second kappa shape index (κ2) is 4.93. The lowest BCUT2D eigenvalue weighted by molar-refractivity contribution is -0.138. The molecule has 0 aliphatic carbocycles. The fourth-order valence-electron chi connectivity index (χ4n) is 2.37. The molecule has 1 atom stereocenters. The van der Waals surface area contributed by atoms with Gasteiger partial charge in [0.15, 0.2) is 0 Å². The molecule has 2 fully saturated rings. The summed E-state index contributed by atoms with van der Waals surface area (Å²) in [6, 6.07) is -0.359. The van der Waals surface area contributed by atoms with Gasteiger partial charge < -0.3 is 9.64 Å². The summed E-state index contributed by atoms with van der Waals surface area (Å²) >= 11 is 0. The maximum Gasteiger partial charge on any atom is 0.409 e. The van der Waals surface area contributed by atoms with E-state index in [1.165, 1.54) is 19.1 Å². The molecule has 0 spiro atoms. The Morgan fingerprint density at radius 3 is 2.28 bits per heavy atom. The van der Waals surface area contributed by atoms with Crippen LogP contribution in [0.4, 0.5) is 4.79 Å². The molecule has 2 aliphatic heterocycles. The molecular weight excluding hydrogens is 238 g/mol. The van der Waals surface area contributed by atoms with Crippen molar-refractivity contribution in [2.75, 3.05) is 40.3 Å². The van der Waals surface area contributed by atoms with Gasteiger partial charge in [-0.1, -0.05) is 0 Å². The summed E-state index contributed by atoms with van der Waals surface area (Å²) in [4.78, 5) is 39.4. The highest BCUT2D eigenvalue weighted by atomic mass is 16.5. The Morgan fingerprint density at radius 2 is 1.83 bits per heavy atom. The number of ether oxygens (including phenoxy) is 1. The number of methoxy groups -OCH3 is 1. The summed E-state index contributed by atoms with van der Waals surface area (Å²) in [7, 11) is 2.86.